The average molecular weight is 554 g/mol. The first kappa shape index (κ1) is 24.6. The zero-order chi connectivity index (χ0) is 24.8. The molecule has 3 aromatic carbocycles. The molecule has 1 amide bonds. The molecular weight excluding hydrogens is 532 g/mol. The van der Waals surface area contributed by atoms with E-state index in [0.29, 0.717) is 35.1 Å². The number of rotatable bonds is 9. The van der Waals surface area contributed by atoms with Gasteiger partial charge in [-0.3, -0.25) is 4.79 Å². The first-order chi connectivity index (χ1) is 17.0. The van der Waals surface area contributed by atoms with Crippen LogP contribution in [-0.4, -0.2) is 19.2 Å². The molecule has 0 radical (unpaired) electrons. The number of carbonyl (C=O) groups excluding carboxylic acids is 1. The van der Waals surface area contributed by atoms with Gasteiger partial charge < -0.3 is 13.9 Å². The van der Waals surface area contributed by atoms with E-state index in [4.69, 9.17) is 25.5 Å². The number of hydrogen-bond donors (Lipinski definition) is 1. The predicted octanol–water partition coefficient (Wildman–Crippen LogP) is 6.93. The fourth-order valence-electron chi connectivity index (χ4n) is 3.46. The van der Waals surface area contributed by atoms with Crippen LogP contribution in [0.15, 0.2) is 87.3 Å². The summed E-state index contributed by atoms with van der Waals surface area (Å²) in [5, 5.41) is 5.58. The maximum atomic E-state index is 12.5. The molecule has 4 aromatic rings. The molecule has 1 heterocycles. The number of nitrogens with one attached hydrogen (secondary N) is 1. The Bertz CT molecular complexity index is 1400. The lowest BCUT2D eigenvalue weighted by Gasteiger charge is -2.16. The van der Waals surface area contributed by atoms with Crippen LogP contribution in [0.4, 0.5) is 0 Å². The van der Waals surface area contributed by atoms with Crippen molar-refractivity contribution in [1.29, 1.82) is 0 Å². The third-order valence-corrected chi connectivity index (χ3v) is 5.86. The quantitative estimate of drug-likeness (QED) is 0.139. The standard InChI is InChI=1S/C27H22BrClN2O4/c1-3-4-19-11-18(12-24(33-2)26(19)34-16-17-5-8-22(29)9-6-17)15-30-31-27(32)25-14-20-13-21(28)7-10-23(20)35-25/h3,5-15H,1,4,16H2,2H3,(H,31,32)/b30-15+. The third kappa shape index (κ3) is 6.12. The van der Waals surface area contributed by atoms with Crippen molar-refractivity contribution < 1.29 is 18.7 Å². The topological polar surface area (TPSA) is 73.1 Å². The average Bonchev–Trinajstić information content (AvgIpc) is 3.27. The zero-order valence-corrected chi connectivity index (χ0v) is 21.2. The van der Waals surface area contributed by atoms with Crippen molar-refractivity contribution >= 4 is 50.6 Å². The molecule has 0 spiro atoms. The lowest BCUT2D eigenvalue weighted by Crippen LogP contribution is -2.16. The van der Waals surface area contributed by atoms with Crippen molar-refractivity contribution in [3.63, 3.8) is 0 Å². The highest BCUT2D eigenvalue weighted by molar-refractivity contribution is 9.10. The summed E-state index contributed by atoms with van der Waals surface area (Å²) in [6, 6.07) is 18.4. The van der Waals surface area contributed by atoms with Gasteiger partial charge in [0.1, 0.15) is 12.2 Å². The van der Waals surface area contributed by atoms with Gasteiger partial charge in [-0.15, -0.1) is 6.58 Å². The van der Waals surface area contributed by atoms with Crippen LogP contribution in [0.3, 0.4) is 0 Å². The van der Waals surface area contributed by atoms with Gasteiger partial charge in [-0.25, -0.2) is 5.43 Å². The predicted molar refractivity (Wildman–Crippen MR) is 142 cm³/mol. The summed E-state index contributed by atoms with van der Waals surface area (Å²) in [7, 11) is 1.57. The Morgan fingerprint density at radius 2 is 1.97 bits per heavy atom. The molecule has 0 aliphatic heterocycles. The summed E-state index contributed by atoms with van der Waals surface area (Å²) in [5.41, 5.74) is 5.71. The number of ether oxygens (including phenoxy) is 2. The van der Waals surface area contributed by atoms with Gasteiger partial charge >= 0.3 is 5.91 Å². The summed E-state index contributed by atoms with van der Waals surface area (Å²) in [4.78, 5) is 12.5. The van der Waals surface area contributed by atoms with Crippen molar-refractivity contribution in [3.05, 3.63) is 105 Å². The van der Waals surface area contributed by atoms with Crippen molar-refractivity contribution in [3.8, 4) is 11.5 Å². The monoisotopic (exact) mass is 552 g/mol. The van der Waals surface area contributed by atoms with Gasteiger partial charge in [0.2, 0.25) is 0 Å². The van der Waals surface area contributed by atoms with E-state index in [-0.39, 0.29) is 5.76 Å². The Morgan fingerprint density at radius 3 is 2.71 bits per heavy atom. The molecule has 0 saturated heterocycles. The Morgan fingerprint density at radius 1 is 1.17 bits per heavy atom. The van der Waals surface area contributed by atoms with Gasteiger partial charge in [0.25, 0.3) is 0 Å². The molecule has 178 valence electrons. The van der Waals surface area contributed by atoms with Crippen LogP contribution >= 0.6 is 27.5 Å². The van der Waals surface area contributed by atoms with Crippen LogP contribution in [-0.2, 0) is 13.0 Å². The number of methoxy groups -OCH3 is 1. The maximum absolute atomic E-state index is 12.5. The number of halogens is 2. The van der Waals surface area contributed by atoms with Crippen LogP contribution < -0.4 is 14.9 Å². The minimum absolute atomic E-state index is 0.172. The van der Waals surface area contributed by atoms with Gasteiger partial charge in [0, 0.05) is 20.4 Å². The van der Waals surface area contributed by atoms with Crippen molar-refractivity contribution in [1.82, 2.24) is 5.43 Å². The van der Waals surface area contributed by atoms with E-state index in [0.717, 1.165) is 26.5 Å². The fraction of sp³-hybridized carbons (Fsp3) is 0.111. The molecule has 0 bridgehead atoms. The molecule has 0 aliphatic carbocycles. The number of furan rings is 1. The molecule has 0 aliphatic rings. The highest BCUT2D eigenvalue weighted by Crippen LogP contribution is 2.34. The fourth-order valence-corrected chi connectivity index (χ4v) is 3.97. The van der Waals surface area contributed by atoms with E-state index in [1.165, 1.54) is 6.21 Å². The molecule has 1 N–H and O–H groups in total. The summed E-state index contributed by atoms with van der Waals surface area (Å²) >= 11 is 9.37. The highest BCUT2D eigenvalue weighted by Gasteiger charge is 2.14. The molecular formula is C27H22BrClN2O4. The van der Waals surface area contributed by atoms with Crippen molar-refractivity contribution in [2.45, 2.75) is 13.0 Å². The largest absolute Gasteiger partial charge is 0.493 e. The molecule has 35 heavy (non-hydrogen) atoms. The Labute approximate surface area is 216 Å². The number of carbonyl (C=O) groups is 1. The molecule has 1 aromatic heterocycles. The van der Waals surface area contributed by atoms with Crippen molar-refractivity contribution in [2.75, 3.05) is 7.11 Å². The number of nitrogens with zero attached hydrogens (tertiary/aromatic N) is 1. The summed E-state index contributed by atoms with van der Waals surface area (Å²) in [5.74, 6) is 0.895. The molecule has 8 heteroatoms. The minimum Gasteiger partial charge on any atom is -0.493 e. The molecule has 0 unspecified atom stereocenters. The SMILES string of the molecule is C=CCc1cc(/C=N/NC(=O)c2cc3cc(Br)ccc3o2)cc(OC)c1OCc1ccc(Cl)cc1. The molecule has 0 atom stereocenters. The minimum atomic E-state index is -0.449. The van der Waals surface area contributed by atoms with E-state index in [1.807, 2.05) is 42.5 Å². The van der Waals surface area contributed by atoms with Crippen LogP contribution in [0, 0.1) is 0 Å². The van der Waals surface area contributed by atoms with Gasteiger partial charge in [-0.2, -0.15) is 5.10 Å². The summed E-state index contributed by atoms with van der Waals surface area (Å²) in [6.07, 6.45) is 3.89. The Balaban J connectivity index is 1.50. The number of allylic oxidation sites excluding steroid dienone is 1. The number of amides is 1. The van der Waals surface area contributed by atoms with E-state index in [2.05, 4.69) is 33.0 Å². The van der Waals surface area contributed by atoms with Crippen LogP contribution in [0.5, 0.6) is 11.5 Å². The highest BCUT2D eigenvalue weighted by atomic mass is 79.9. The van der Waals surface area contributed by atoms with E-state index >= 15 is 0 Å². The molecule has 6 nitrogen and oxygen atoms in total. The van der Waals surface area contributed by atoms with E-state index in [9.17, 15) is 4.79 Å². The first-order valence-corrected chi connectivity index (χ1v) is 11.9. The lowest BCUT2D eigenvalue weighted by molar-refractivity contribution is 0.0929. The van der Waals surface area contributed by atoms with E-state index < -0.39 is 5.91 Å². The second kappa shape index (κ2) is 11.3. The molecule has 4 rings (SSSR count). The van der Waals surface area contributed by atoms with Crippen LogP contribution in [0.2, 0.25) is 5.02 Å². The molecule has 0 fully saturated rings. The van der Waals surface area contributed by atoms with Gasteiger partial charge in [0.15, 0.2) is 17.3 Å². The number of fused-ring (bicyclic) bond motifs is 1. The smallest absolute Gasteiger partial charge is 0.307 e. The van der Waals surface area contributed by atoms with Gasteiger partial charge in [-0.05, 0) is 66.1 Å². The Hall–Kier alpha value is -3.55. The summed E-state index contributed by atoms with van der Waals surface area (Å²) in [6.45, 7) is 4.19. The second-order valence-electron chi connectivity index (χ2n) is 7.61. The van der Waals surface area contributed by atoms with Crippen molar-refractivity contribution in [2.24, 2.45) is 5.10 Å². The third-order valence-electron chi connectivity index (χ3n) is 5.12. The van der Waals surface area contributed by atoms with Crippen LogP contribution in [0.25, 0.3) is 11.0 Å². The maximum Gasteiger partial charge on any atom is 0.307 e. The Kier molecular flexibility index (Phi) is 7.90. The van der Waals surface area contributed by atoms with E-state index in [1.54, 1.807) is 31.4 Å². The lowest BCUT2D eigenvalue weighted by atomic mass is 10.1. The normalized spacial score (nSPS) is 11.1. The first-order valence-electron chi connectivity index (χ1n) is 10.7. The number of hydrazone groups is 1. The summed E-state index contributed by atoms with van der Waals surface area (Å²) < 4.78 is 18.2. The van der Waals surface area contributed by atoms with Gasteiger partial charge in [-0.1, -0.05) is 45.7 Å². The van der Waals surface area contributed by atoms with Crippen LogP contribution in [0.1, 0.15) is 27.2 Å². The second-order valence-corrected chi connectivity index (χ2v) is 8.96. The van der Waals surface area contributed by atoms with Gasteiger partial charge in [0.05, 0.1) is 13.3 Å². The zero-order valence-electron chi connectivity index (χ0n) is 18.9. The number of hydrogen-bond acceptors (Lipinski definition) is 5. The number of benzene rings is 3. The molecule has 0 saturated carbocycles.